The molecule has 0 spiro atoms. The van der Waals surface area contributed by atoms with Gasteiger partial charge in [0.15, 0.2) is 0 Å². The van der Waals surface area contributed by atoms with E-state index in [1.165, 1.54) is 0 Å². The van der Waals surface area contributed by atoms with Crippen LogP contribution >= 0.6 is 22.6 Å². The highest BCUT2D eigenvalue weighted by Crippen LogP contribution is 2.32. The Bertz CT molecular complexity index is 764. The van der Waals surface area contributed by atoms with Gasteiger partial charge in [0.2, 0.25) is 0 Å². The van der Waals surface area contributed by atoms with Crippen LogP contribution in [0.25, 0.3) is 22.4 Å². The molecule has 0 radical (unpaired) electrons. The van der Waals surface area contributed by atoms with Crippen molar-refractivity contribution in [3.05, 3.63) is 46.0 Å². The molecule has 0 atom stereocenters. The predicted octanol–water partition coefficient (Wildman–Crippen LogP) is 4.42. The lowest BCUT2D eigenvalue weighted by atomic mass is 10.2. The van der Waals surface area contributed by atoms with E-state index in [2.05, 4.69) is 40.1 Å². The van der Waals surface area contributed by atoms with Gasteiger partial charge in [0.1, 0.15) is 11.6 Å². The molecule has 0 saturated heterocycles. The molecule has 0 amide bonds. The molecule has 0 bridgehead atoms. The first-order valence-corrected chi connectivity index (χ1v) is 7.72. The minimum Gasteiger partial charge on any atom is -0.507 e. The number of fused-ring (bicyclic) bond motifs is 1. The highest BCUT2D eigenvalue weighted by atomic mass is 127. The molecule has 4 heteroatoms. The first-order valence-electron chi connectivity index (χ1n) is 6.65. The minimum absolute atomic E-state index is 0.276. The second-order valence-electron chi connectivity index (χ2n) is 4.74. The molecular formula is C16H15IN2O. The Morgan fingerprint density at radius 1 is 1.20 bits per heavy atom. The second kappa shape index (κ2) is 5.44. The number of halogens is 1. The van der Waals surface area contributed by atoms with Gasteiger partial charge in [0.25, 0.3) is 0 Å². The van der Waals surface area contributed by atoms with Gasteiger partial charge >= 0.3 is 0 Å². The van der Waals surface area contributed by atoms with Crippen molar-refractivity contribution < 1.29 is 5.11 Å². The van der Waals surface area contributed by atoms with E-state index in [9.17, 15) is 5.11 Å². The van der Waals surface area contributed by atoms with E-state index in [0.717, 1.165) is 39.0 Å². The number of hydrogen-bond acceptors (Lipinski definition) is 2. The van der Waals surface area contributed by atoms with E-state index < -0.39 is 0 Å². The molecule has 3 aromatic rings. The average molecular weight is 378 g/mol. The number of rotatable bonds is 3. The summed E-state index contributed by atoms with van der Waals surface area (Å²) in [5.41, 5.74) is 2.87. The highest BCUT2D eigenvalue weighted by Gasteiger charge is 2.15. The maximum Gasteiger partial charge on any atom is 0.144 e. The van der Waals surface area contributed by atoms with Crippen LogP contribution in [0.15, 0.2) is 42.5 Å². The molecule has 1 N–H and O–H groups in total. The number of benzene rings is 2. The standard InChI is InChI=1S/C16H15IN2O/c1-2-9-19-14-6-4-3-5-13(14)18-16(19)12-10-11(17)7-8-15(12)20/h3-8,10,20H,2,9H2,1H3. The van der Waals surface area contributed by atoms with E-state index in [1.807, 2.05) is 30.3 Å². The van der Waals surface area contributed by atoms with Crippen molar-refractivity contribution in [3.8, 4) is 17.1 Å². The number of aromatic hydroxyl groups is 1. The first-order chi connectivity index (χ1) is 9.70. The van der Waals surface area contributed by atoms with Crippen molar-refractivity contribution in [2.75, 3.05) is 0 Å². The van der Waals surface area contributed by atoms with Gasteiger partial charge in [-0.2, -0.15) is 0 Å². The van der Waals surface area contributed by atoms with Crippen molar-refractivity contribution in [1.29, 1.82) is 0 Å². The summed E-state index contributed by atoms with van der Waals surface area (Å²) < 4.78 is 3.27. The van der Waals surface area contributed by atoms with Crippen molar-refractivity contribution in [1.82, 2.24) is 9.55 Å². The van der Waals surface area contributed by atoms with Crippen LogP contribution in [0.2, 0.25) is 0 Å². The summed E-state index contributed by atoms with van der Waals surface area (Å²) >= 11 is 2.25. The number of imidazole rings is 1. The van der Waals surface area contributed by atoms with Gasteiger partial charge in [-0.05, 0) is 59.3 Å². The maximum atomic E-state index is 10.1. The number of phenols is 1. The molecule has 2 aromatic carbocycles. The zero-order valence-corrected chi connectivity index (χ0v) is 13.3. The molecule has 3 nitrogen and oxygen atoms in total. The SMILES string of the molecule is CCCn1c(-c2cc(I)ccc2O)nc2ccccc21. The Hall–Kier alpha value is -1.56. The van der Waals surface area contributed by atoms with Crippen LogP contribution in [0.4, 0.5) is 0 Å². The Morgan fingerprint density at radius 2 is 2.00 bits per heavy atom. The van der Waals surface area contributed by atoms with E-state index >= 15 is 0 Å². The molecule has 0 aliphatic rings. The van der Waals surface area contributed by atoms with Crippen molar-refractivity contribution >= 4 is 33.6 Å². The summed E-state index contributed by atoms with van der Waals surface area (Å²) in [6.07, 6.45) is 1.03. The smallest absolute Gasteiger partial charge is 0.144 e. The van der Waals surface area contributed by atoms with E-state index in [1.54, 1.807) is 6.07 Å². The van der Waals surface area contributed by atoms with Gasteiger partial charge in [0, 0.05) is 10.1 Å². The Kier molecular flexibility index (Phi) is 3.65. The van der Waals surface area contributed by atoms with Crippen LogP contribution in [0.5, 0.6) is 5.75 Å². The molecule has 0 aliphatic heterocycles. The van der Waals surface area contributed by atoms with Gasteiger partial charge in [-0.1, -0.05) is 19.1 Å². The first kappa shape index (κ1) is 13.4. The summed E-state index contributed by atoms with van der Waals surface area (Å²) in [6, 6.07) is 13.7. The fourth-order valence-electron chi connectivity index (χ4n) is 2.42. The van der Waals surface area contributed by atoms with Gasteiger partial charge in [-0.25, -0.2) is 4.98 Å². The molecule has 102 valence electrons. The van der Waals surface area contributed by atoms with Crippen LogP contribution in [-0.4, -0.2) is 14.7 Å². The Balaban J connectivity index is 2.29. The van der Waals surface area contributed by atoms with Crippen LogP contribution in [0, 0.1) is 3.57 Å². The number of nitrogens with zero attached hydrogens (tertiary/aromatic N) is 2. The quantitative estimate of drug-likeness (QED) is 0.685. The number of para-hydroxylation sites is 2. The third-order valence-electron chi connectivity index (χ3n) is 3.30. The molecule has 0 saturated carbocycles. The Labute approximate surface area is 131 Å². The third-order valence-corrected chi connectivity index (χ3v) is 3.97. The fraction of sp³-hybridized carbons (Fsp3) is 0.188. The van der Waals surface area contributed by atoms with Crippen LogP contribution in [0.1, 0.15) is 13.3 Å². The van der Waals surface area contributed by atoms with Crippen molar-refractivity contribution in [3.63, 3.8) is 0 Å². The maximum absolute atomic E-state index is 10.1. The van der Waals surface area contributed by atoms with E-state index in [0.29, 0.717) is 0 Å². The molecule has 1 heterocycles. The molecule has 3 rings (SSSR count). The monoisotopic (exact) mass is 378 g/mol. The summed E-state index contributed by atoms with van der Waals surface area (Å²) in [7, 11) is 0. The normalized spacial score (nSPS) is 11.1. The van der Waals surface area contributed by atoms with Crippen LogP contribution in [0.3, 0.4) is 0 Å². The third kappa shape index (κ3) is 2.28. The van der Waals surface area contributed by atoms with Crippen LogP contribution in [-0.2, 0) is 6.54 Å². The largest absolute Gasteiger partial charge is 0.507 e. The molecular weight excluding hydrogens is 363 g/mol. The number of phenolic OH excluding ortho intramolecular Hbond substituents is 1. The summed E-state index contributed by atoms with van der Waals surface area (Å²) in [4.78, 5) is 4.70. The van der Waals surface area contributed by atoms with Gasteiger partial charge < -0.3 is 9.67 Å². The predicted molar refractivity (Wildman–Crippen MR) is 89.8 cm³/mol. The lowest BCUT2D eigenvalue weighted by molar-refractivity contribution is 0.476. The van der Waals surface area contributed by atoms with E-state index in [4.69, 9.17) is 4.98 Å². The van der Waals surface area contributed by atoms with Gasteiger partial charge in [0.05, 0.1) is 16.6 Å². The summed E-state index contributed by atoms with van der Waals surface area (Å²) in [6.45, 7) is 3.04. The Morgan fingerprint density at radius 3 is 2.80 bits per heavy atom. The van der Waals surface area contributed by atoms with Crippen LogP contribution < -0.4 is 0 Å². The number of hydrogen-bond donors (Lipinski definition) is 1. The molecule has 0 aliphatic carbocycles. The fourth-order valence-corrected chi connectivity index (χ4v) is 2.91. The van der Waals surface area contributed by atoms with Crippen molar-refractivity contribution in [2.45, 2.75) is 19.9 Å². The topological polar surface area (TPSA) is 38.0 Å². The zero-order valence-electron chi connectivity index (χ0n) is 11.2. The highest BCUT2D eigenvalue weighted by molar-refractivity contribution is 14.1. The molecule has 20 heavy (non-hydrogen) atoms. The van der Waals surface area contributed by atoms with E-state index in [-0.39, 0.29) is 5.75 Å². The lowest BCUT2D eigenvalue weighted by Gasteiger charge is -2.09. The summed E-state index contributed by atoms with van der Waals surface area (Å²) in [5.74, 6) is 1.11. The van der Waals surface area contributed by atoms with Gasteiger partial charge in [-0.15, -0.1) is 0 Å². The molecule has 0 fully saturated rings. The lowest BCUT2D eigenvalue weighted by Crippen LogP contribution is -2.00. The average Bonchev–Trinajstić information content (AvgIpc) is 2.81. The minimum atomic E-state index is 0.276. The zero-order chi connectivity index (χ0) is 14.1. The number of aromatic nitrogens is 2. The van der Waals surface area contributed by atoms with Gasteiger partial charge in [-0.3, -0.25) is 0 Å². The summed E-state index contributed by atoms with van der Waals surface area (Å²) in [5, 5.41) is 10.1. The number of aryl methyl sites for hydroxylation is 1. The molecule has 1 aromatic heterocycles. The second-order valence-corrected chi connectivity index (χ2v) is 5.98. The van der Waals surface area contributed by atoms with Crippen molar-refractivity contribution in [2.24, 2.45) is 0 Å². The molecule has 0 unspecified atom stereocenters.